The summed E-state index contributed by atoms with van der Waals surface area (Å²) in [7, 11) is -4.63. The zero-order chi connectivity index (χ0) is 50.2. The van der Waals surface area contributed by atoms with Gasteiger partial charge >= 0.3 is 0 Å². The molecule has 72 heavy (non-hydrogen) atoms. The number of nitro benzene ring substituents is 1. The van der Waals surface area contributed by atoms with Crippen molar-refractivity contribution in [2.75, 3.05) is 61.2 Å². The highest BCUT2D eigenvalue weighted by Crippen LogP contribution is 2.57. The summed E-state index contributed by atoms with van der Waals surface area (Å²) in [5.74, 6) is -0.326. The summed E-state index contributed by atoms with van der Waals surface area (Å²) in [6.07, 6.45) is 8.95. The van der Waals surface area contributed by atoms with Crippen LogP contribution < -0.4 is 24.6 Å². The second-order valence-corrected chi connectivity index (χ2v) is 23.9. The zero-order valence-corrected chi connectivity index (χ0v) is 42.4. The lowest BCUT2D eigenvalue weighted by atomic mass is 9.56. The Labute approximate surface area is 420 Å². The topological polar surface area (TPSA) is 205 Å². The predicted octanol–water partition coefficient (Wildman–Crippen LogP) is 8.54. The van der Waals surface area contributed by atoms with E-state index in [0.29, 0.717) is 74.6 Å². The Kier molecular flexibility index (Phi) is 12.5. The number of nitrogens with one attached hydrogen (secondary N) is 3. The number of fused-ring (bicyclic) bond motifs is 3. The number of amides is 1. The van der Waals surface area contributed by atoms with Gasteiger partial charge in [0.15, 0.2) is 0 Å². The van der Waals surface area contributed by atoms with Gasteiger partial charge in [-0.1, -0.05) is 24.3 Å². The van der Waals surface area contributed by atoms with Gasteiger partial charge in [-0.25, -0.2) is 13.1 Å². The van der Waals surface area contributed by atoms with Gasteiger partial charge in [0.05, 0.1) is 58.6 Å². The summed E-state index contributed by atoms with van der Waals surface area (Å²) in [6, 6.07) is 22.2. The van der Waals surface area contributed by atoms with Gasteiger partial charge in [0.25, 0.3) is 21.6 Å². The van der Waals surface area contributed by atoms with E-state index in [1.807, 2.05) is 37.4 Å². The summed E-state index contributed by atoms with van der Waals surface area (Å²) in [6.45, 7) is 12.9. The van der Waals surface area contributed by atoms with Gasteiger partial charge in [0.2, 0.25) is 5.88 Å². The number of rotatable bonds is 11. The molecule has 5 fully saturated rings. The zero-order valence-electron chi connectivity index (χ0n) is 41.6. The largest absolute Gasteiger partial charge is 0.468 e. The van der Waals surface area contributed by atoms with E-state index < -0.39 is 43.1 Å². The molecular formula is C54H66N8O9S. The monoisotopic (exact) mass is 1000 g/mol. The Hall–Kier alpha value is -5.79. The molecule has 0 unspecified atom stereocenters. The van der Waals surface area contributed by atoms with Crippen molar-refractivity contribution >= 4 is 55.4 Å². The van der Waals surface area contributed by atoms with Crippen molar-refractivity contribution < 1.29 is 37.5 Å². The number of ether oxygens (including phenoxy) is 3. The van der Waals surface area contributed by atoms with E-state index in [2.05, 4.69) is 74.8 Å². The number of morpholine rings is 1. The van der Waals surface area contributed by atoms with E-state index in [0.717, 1.165) is 75.4 Å². The smallest absolute Gasteiger partial charge is 0.293 e. The van der Waals surface area contributed by atoms with Crippen LogP contribution in [0.25, 0.3) is 11.0 Å². The second-order valence-electron chi connectivity index (χ2n) is 22.2. The maximum atomic E-state index is 14.8. The number of nitrogens with zero attached hydrogens (tertiary/aromatic N) is 5. The molecule has 3 saturated heterocycles. The fourth-order valence-electron chi connectivity index (χ4n) is 13.0. The number of benzene rings is 3. The van der Waals surface area contributed by atoms with Crippen LogP contribution >= 0.6 is 0 Å². The average molecular weight is 1000 g/mol. The Morgan fingerprint density at radius 1 is 0.944 bits per heavy atom. The van der Waals surface area contributed by atoms with Gasteiger partial charge in [-0.3, -0.25) is 19.8 Å². The predicted molar refractivity (Wildman–Crippen MR) is 275 cm³/mol. The summed E-state index contributed by atoms with van der Waals surface area (Å²) in [5, 5.41) is 26.8. The average Bonchev–Trinajstić information content (AvgIpc) is 3.81. The Bertz CT molecular complexity index is 3000. The summed E-state index contributed by atoms with van der Waals surface area (Å²) in [4.78, 5) is 41.4. The number of hydrogen-bond donors (Lipinski definition) is 4. The molecule has 11 rings (SSSR count). The van der Waals surface area contributed by atoms with Crippen molar-refractivity contribution in [2.45, 2.75) is 126 Å². The number of anilines is 4. The Balaban J connectivity index is 0.894. The fourth-order valence-corrected chi connectivity index (χ4v) is 14.0. The number of sulfonamides is 1. The molecule has 6 aliphatic rings. The van der Waals surface area contributed by atoms with Crippen LogP contribution in [0.1, 0.15) is 106 Å². The minimum Gasteiger partial charge on any atom is -0.468 e. The number of aromatic nitrogens is 2. The maximum absolute atomic E-state index is 14.8. The number of carbonyl (C=O) groups is 1. The van der Waals surface area contributed by atoms with E-state index in [1.165, 1.54) is 23.3 Å². The molecular weight excluding hydrogens is 937 g/mol. The van der Waals surface area contributed by atoms with Gasteiger partial charge in [-0.05, 0) is 150 Å². The molecule has 18 heteroatoms. The number of hydrogen-bond acceptors (Lipinski definition) is 14. The number of aryl methyl sites for hydroxylation is 1. The molecule has 1 spiro atoms. The first-order valence-corrected chi connectivity index (χ1v) is 27.1. The quantitative estimate of drug-likeness (QED) is 0.0724. The molecule has 1 amide bonds. The third-order valence-corrected chi connectivity index (χ3v) is 18.1. The standard InChI is InChI=1S/C54H66N8O9S/c1-34-7-5-6-8-40(34)47-31-70-24-22-59(47)38-28-54(29-38)19-21-60(52(2,3)33-54)37-9-11-41(44(26-37)61-43-16-23-69-32-48(43)71-51-46(61)25-36-15-20-55-49(36)57-51)50(63)58-72(67,68)39-10-12-42(45(27-39)62(65)66)56-30-35-13-17-53(4,64)18-14-35/h5-12,15,20,25-27,35,38,43,47-48,56,64H,13-14,16-19,21-24,28-33H2,1-4H3,(H,55,57)(H,58,63)/t35-,38?,43-,47-,48-,53-,54?/m0/s1. The van der Waals surface area contributed by atoms with Crippen molar-refractivity contribution in [1.29, 1.82) is 0 Å². The van der Waals surface area contributed by atoms with E-state index in [9.17, 15) is 28.4 Å². The first-order valence-electron chi connectivity index (χ1n) is 25.6. The van der Waals surface area contributed by atoms with Crippen LogP contribution in [0.15, 0.2) is 83.9 Å². The van der Waals surface area contributed by atoms with E-state index >= 15 is 0 Å². The molecule has 0 radical (unpaired) electrons. The summed E-state index contributed by atoms with van der Waals surface area (Å²) >= 11 is 0. The molecule has 17 nitrogen and oxygen atoms in total. The van der Waals surface area contributed by atoms with Crippen LogP contribution in [0.5, 0.6) is 5.88 Å². The van der Waals surface area contributed by atoms with Crippen LogP contribution in [0.4, 0.5) is 28.4 Å². The maximum Gasteiger partial charge on any atom is 0.293 e. The van der Waals surface area contributed by atoms with Crippen molar-refractivity contribution in [1.82, 2.24) is 19.6 Å². The molecule has 2 aliphatic carbocycles. The van der Waals surface area contributed by atoms with Crippen LogP contribution in [0.3, 0.4) is 0 Å². The number of pyridine rings is 1. The highest BCUT2D eigenvalue weighted by molar-refractivity contribution is 7.90. The second kappa shape index (κ2) is 18.6. The lowest BCUT2D eigenvalue weighted by Gasteiger charge is -2.61. The molecule has 3 atom stereocenters. The third kappa shape index (κ3) is 9.18. The van der Waals surface area contributed by atoms with Gasteiger partial charge in [0, 0.05) is 61.2 Å². The van der Waals surface area contributed by atoms with E-state index in [-0.39, 0.29) is 40.2 Å². The van der Waals surface area contributed by atoms with Crippen molar-refractivity contribution in [3.8, 4) is 5.88 Å². The Morgan fingerprint density at radius 3 is 2.51 bits per heavy atom. The SMILES string of the molecule is Cc1ccccc1[C@@H]1COCCN1C1CC2(CCN(c3ccc(C(=O)NS(=O)(=O)c4ccc(NC[C@H]5CC[C@](C)(O)CC5)c([N+](=O)[O-])c4)c(N4c5cc6cc[nH]c6nc5O[C@H]5COCC[C@@H]54)c3)C(C)(C)C2)C1. The first-order chi connectivity index (χ1) is 34.5. The van der Waals surface area contributed by atoms with Gasteiger partial charge in [-0.2, -0.15) is 4.98 Å². The summed E-state index contributed by atoms with van der Waals surface area (Å²) in [5.41, 5.74) is 4.36. The number of piperidine rings is 1. The molecule has 6 heterocycles. The normalized spacial score (nSPS) is 28.4. The number of aromatic amines is 1. The first kappa shape index (κ1) is 48.5. The van der Waals surface area contributed by atoms with Crippen LogP contribution in [-0.2, 0) is 19.5 Å². The van der Waals surface area contributed by atoms with Crippen LogP contribution in [0, 0.1) is 28.4 Å². The molecule has 4 N–H and O–H groups in total. The Morgan fingerprint density at radius 2 is 1.74 bits per heavy atom. The molecule has 3 aromatic carbocycles. The van der Waals surface area contributed by atoms with Crippen LogP contribution in [0.2, 0.25) is 0 Å². The van der Waals surface area contributed by atoms with Crippen LogP contribution in [-0.4, -0.2) is 115 Å². The van der Waals surface area contributed by atoms with Gasteiger partial charge in [-0.15, -0.1) is 0 Å². The highest BCUT2D eigenvalue weighted by atomic mass is 32.2. The van der Waals surface area contributed by atoms with E-state index in [1.54, 1.807) is 6.07 Å². The van der Waals surface area contributed by atoms with E-state index in [4.69, 9.17) is 19.2 Å². The molecule has 2 saturated carbocycles. The van der Waals surface area contributed by atoms with Crippen molar-refractivity contribution in [2.24, 2.45) is 11.3 Å². The number of nitro groups is 1. The van der Waals surface area contributed by atoms with Gasteiger partial charge < -0.3 is 39.4 Å². The summed E-state index contributed by atoms with van der Waals surface area (Å²) < 4.78 is 49.3. The minimum absolute atomic E-state index is 0.107. The lowest BCUT2D eigenvalue weighted by Crippen LogP contribution is -2.62. The number of aliphatic hydroxyl groups is 1. The molecule has 0 bridgehead atoms. The third-order valence-electron chi connectivity index (χ3n) is 16.8. The number of carbonyl (C=O) groups excluding carboxylic acids is 1. The fraction of sp³-hybridized carbons (Fsp3) is 0.519. The molecule has 2 aromatic heterocycles. The molecule has 4 aliphatic heterocycles. The minimum atomic E-state index is -4.63. The lowest BCUT2D eigenvalue weighted by molar-refractivity contribution is -0.384. The van der Waals surface area contributed by atoms with Crippen molar-refractivity contribution in [3.05, 3.63) is 106 Å². The molecule has 382 valence electrons. The molecule has 5 aromatic rings. The van der Waals surface area contributed by atoms with Gasteiger partial charge in [0.1, 0.15) is 23.1 Å². The number of H-pyrrole nitrogens is 1. The highest BCUT2D eigenvalue weighted by Gasteiger charge is 2.54. The van der Waals surface area contributed by atoms with Crippen molar-refractivity contribution in [3.63, 3.8) is 0 Å².